The minimum Gasteiger partial charge on any atom is -0.511 e. The van der Waals surface area contributed by atoms with Crippen LogP contribution < -0.4 is 11.1 Å². The van der Waals surface area contributed by atoms with Crippen molar-refractivity contribution in [1.82, 2.24) is 10.3 Å². The second-order valence-corrected chi connectivity index (χ2v) is 12.6. The van der Waals surface area contributed by atoms with E-state index in [2.05, 4.69) is 10.3 Å². The molecule has 3 atom stereocenters. The molecule has 2 saturated carbocycles. The van der Waals surface area contributed by atoms with Gasteiger partial charge >= 0.3 is 0 Å². The number of nitrogens with one attached hydrogen (secondary N) is 1. The number of nitrogens with zero attached hydrogens (tertiary/aromatic N) is 1. The molecular weight excluding hydrogens is 562 g/mol. The monoisotopic (exact) mass is 599 g/mol. The van der Waals surface area contributed by atoms with Crippen LogP contribution in [0.1, 0.15) is 84.0 Å². The Morgan fingerprint density at radius 3 is 2.52 bits per heavy atom. The lowest BCUT2D eigenvalue weighted by Gasteiger charge is -2.41. The number of nitrogens with two attached hydrogens (primary N) is 1. The molecule has 2 fully saturated rings. The van der Waals surface area contributed by atoms with Crippen LogP contribution >= 0.6 is 0 Å². The lowest BCUT2D eigenvalue weighted by molar-refractivity contribution is -0.127. The Morgan fingerprint density at radius 1 is 1.05 bits per heavy atom. The molecule has 6 rings (SSSR count). The highest BCUT2D eigenvalue weighted by molar-refractivity contribution is 6.21. The maximum atomic E-state index is 13.9. The van der Waals surface area contributed by atoms with Crippen molar-refractivity contribution in [2.45, 2.75) is 70.8 Å². The van der Waals surface area contributed by atoms with Crippen LogP contribution in [0.15, 0.2) is 47.5 Å². The van der Waals surface area contributed by atoms with Gasteiger partial charge in [0.25, 0.3) is 11.8 Å². The van der Waals surface area contributed by atoms with Crippen molar-refractivity contribution in [2.24, 2.45) is 29.4 Å². The maximum Gasteiger partial charge on any atom is 0.255 e. The number of phenolic OH excluding ortho intramolecular Hbond substituents is 1. The molecule has 2 aromatic rings. The predicted molar refractivity (Wildman–Crippen MR) is 160 cm³/mol. The van der Waals surface area contributed by atoms with Crippen LogP contribution in [-0.4, -0.2) is 43.7 Å². The van der Waals surface area contributed by atoms with E-state index in [1.165, 1.54) is 38.3 Å². The van der Waals surface area contributed by atoms with Crippen LogP contribution in [0.25, 0.3) is 5.76 Å². The summed E-state index contributed by atoms with van der Waals surface area (Å²) >= 11 is 0. The zero-order valence-electron chi connectivity index (χ0n) is 24.5. The second-order valence-electron chi connectivity index (χ2n) is 12.6. The van der Waals surface area contributed by atoms with Crippen LogP contribution in [0.2, 0.25) is 0 Å². The third-order valence-corrected chi connectivity index (χ3v) is 9.97. The van der Waals surface area contributed by atoms with E-state index in [9.17, 15) is 34.5 Å². The molecule has 0 bridgehead atoms. The Kier molecular flexibility index (Phi) is 8.00. The fraction of sp³-hybridized carbons (Fsp3) is 0.441. The fourth-order valence-electron chi connectivity index (χ4n) is 7.82. The van der Waals surface area contributed by atoms with E-state index < -0.39 is 46.6 Å². The number of Topliss-reactive ketones (excluding diaryl/α,β-unsaturated/α-hetero) is 2. The number of aromatic nitrogens is 1. The molecular formula is C34H37N3O7. The van der Waals surface area contributed by atoms with Gasteiger partial charge in [0, 0.05) is 36.5 Å². The Hall–Kier alpha value is -4.47. The first-order chi connectivity index (χ1) is 21.2. The number of aliphatic hydroxyl groups is 2. The number of carbonyl (C=O) groups excluding carboxylic acids is 4. The van der Waals surface area contributed by atoms with Crippen molar-refractivity contribution in [3.63, 3.8) is 0 Å². The molecule has 1 aromatic carbocycles. The summed E-state index contributed by atoms with van der Waals surface area (Å²) in [6.45, 7) is -0.0123. The third-order valence-electron chi connectivity index (χ3n) is 9.97. The minimum absolute atomic E-state index is 0.0123. The number of phenols is 1. The number of aliphatic hydroxyl groups excluding tert-OH is 2. The van der Waals surface area contributed by atoms with Crippen molar-refractivity contribution in [3.8, 4) is 5.75 Å². The number of hydrogen-bond acceptors (Lipinski definition) is 8. The molecule has 10 heteroatoms. The van der Waals surface area contributed by atoms with Crippen LogP contribution in [0.4, 0.5) is 0 Å². The van der Waals surface area contributed by atoms with Crippen molar-refractivity contribution in [2.75, 3.05) is 0 Å². The first kappa shape index (κ1) is 29.6. The summed E-state index contributed by atoms with van der Waals surface area (Å²) in [6.07, 6.45) is 11.3. The zero-order valence-corrected chi connectivity index (χ0v) is 24.5. The highest BCUT2D eigenvalue weighted by Gasteiger charge is 2.51. The highest BCUT2D eigenvalue weighted by atomic mass is 16.3. The summed E-state index contributed by atoms with van der Waals surface area (Å²) < 4.78 is 0. The molecule has 2 amide bonds. The molecule has 3 unspecified atom stereocenters. The summed E-state index contributed by atoms with van der Waals surface area (Å²) in [4.78, 5) is 55.2. The first-order valence-corrected chi connectivity index (χ1v) is 15.4. The second kappa shape index (κ2) is 11.9. The van der Waals surface area contributed by atoms with Crippen LogP contribution in [0.5, 0.6) is 5.75 Å². The number of ketones is 2. The Labute approximate surface area is 255 Å². The number of amides is 2. The lowest BCUT2D eigenvalue weighted by atomic mass is 9.61. The predicted octanol–water partition coefficient (Wildman–Crippen LogP) is 4.15. The molecule has 44 heavy (non-hydrogen) atoms. The van der Waals surface area contributed by atoms with E-state index in [1.807, 2.05) is 6.07 Å². The Balaban J connectivity index is 1.39. The number of benzene rings is 1. The van der Waals surface area contributed by atoms with Gasteiger partial charge in [-0.3, -0.25) is 24.2 Å². The number of allylic oxidation sites excluding steroid dienone is 2. The Bertz CT molecular complexity index is 1600. The molecule has 0 spiro atoms. The average Bonchev–Trinajstić information content (AvgIpc) is 3.00. The number of rotatable bonds is 7. The molecule has 0 saturated heterocycles. The van der Waals surface area contributed by atoms with Crippen molar-refractivity contribution < 1.29 is 34.5 Å². The number of aromatic hydroxyl groups is 1. The standard InChI is InChI=1S/C34H37N3O7/c35-33(43)28-24(38)14-21-12-20-13-23-18(9-8-17-5-2-1-3-6-17)11-22(16-37-34(44)19-7-4-10-36-15-19)29(39)27(23)31(41)25(20)30(40)26(21)32(28)42/h4,7,10-11,15,17,20-21,26,39,41-42H,1-3,5-6,8-9,12-14,16H2,(H2,35,43)(H,37,44). The van der Waals surface area contributed by atoms with Crippen LogP contribution in [0, 0.1) is 23.7 Å². The number of primary amides is 1. The summed E-state index contributed by atoms with van der Waals surface area (Å²) in [5, 5.41) is 36.8. The van der Waals surface area contributed by atoms with Gasteiger partial charge in [0.05, 0.1) is 17.0 Å². The largest absolute Gasteiger partial charge is 0.511 e. The smallest absolute Gasteiger partial charge is 0.255 e. The molecule has 230 valence electrons. The molecule has 10 nitrogen and oxygen atoms in total. The van der Waals surface area contributed by atoms with E-state index in [-0.39, 0.29) is 41.5 Å². The van der Waals surface area contributed by atoms with Crippen molar-refractivity contribution in [1.29, 1.82) is 0 Å². The van der Waals surface area contributed by atoms with E-state index >= 15 is 0 Å². The number of pyridine rings is 1. The van der Waals surface area contributed by atoms with Gasteiger partial charge in [-0.2, -0.15) is 0 Å². The number of hydrogen-bond donors (Lipinski definition) is 5. The van der Waals surface area contributed by atoms with E-state index in [0.717, 1.165) is 24.0 Å². The molecule has 0 radical (unpaired) electrons. The highest BCUT2D eigenvalue weighted by Crippen LogP contribution is 2.51. The van der Waals surface area contributed by atoms with Crippen LogP contribution in [0.3, 0.4) is 0 Å². The normalized spacial score (nSPS) is 23.6. The van der Waals surface area contributed by atoms with Crippen molar-refractivity contribution in [3.05, 3.63) is 75.3 Å². The summed E-state index contributed by atoms with van der Waals surface area (Å²) in [6, 6.07) is 5.18. The first-order valence-electron chi connectivity index (χ1n) is 15.4. The molecule has 4 aliphatic rings. The minimum atomic E-state index is -1.17. The van der Waals surface area contributed by atoms with Crippen LogP contribution in [-0.2, 0) is 33.8 Å². The van der Waals surface area contributed by atoms with E-state index in [1.54, 1.807) is 18.3 Å². The zero-order chi connectivity index (χ0) is 31.1. The van der Waals surface area contributed by atoms with E-state index in [0.29, 0.717) is 29.9 Å². The number of fused-ring (bicyclic) bond motifs is 3. The summed E-state index contributed by atoms with van der Waals surface area (Å²) in [5.74, 6) is -5.36. The van der Waals surface area contributed by atoms with Gasteiger partial charge in [-0.05, 0) is 66.7 Å². The average molecular weight is 600 g/mol. The van der Waals surface area contributed by atoms with Gasteiger partial charge < -0.3 is 26.4 Å². The lowest BCUT2D eigenvalue weighted by Crippen LogP contribution is -2.44. The quantitative estimate of drug-likeness (QED) is 0.294. The number of aryl methyl sites for hydroxylation is 1. The molecule has 6 N–H and O–H groups in total. The van der Waals surface area contributed by atoms with E-state index in [4.69, 9.17) is 5.73 Å². The topological polar surface area (TPSA) is 180 Å². The molecule has 1 heterocycles. The van der Waals surface area contributed by atoms with Gasteiger partial charge in [0.2, 0.25) is 0 Å². The maximum absolute atomic E-state index is 13.9. The molecule has 0 aliphatic heterocycles. The van der Waals surface area contributed by atoms with Gasteiger partial charge in [-0.1, -0.05) is 38.2 Å². The van der Waals surface area contributed by atoms with Gasteiger partial charge in [0.1, 0.15) is 22.8 Å². The van der Waals surface area contributed by atoms with Gasteiger partial charge in [0.15, 0.2) is 11.6 Å². The SMILES string of the molecule is NC(=O)C1=C(O)C2C(=O)C3=C(O)c4c(O)c(CNC(=O)c5cccnc5)cc(CCC5CCCCC5)c4CC3CC2CC1=O. The molecule has 1 aromatic heterocycles. The summed E-state index contributed by atoms with van der Waals surface area (Å²) in [5.41, 5.74) is 7.52. The van der Waals surface area contributed by atoms with Gasteiger partial charge in [-0.15, -0.1) is 0 Å². The molecule has 4 aliphatic carbocycles. The Morgan fingerprint density at radius 2 is 1.82 bits per heavy atom. The van der Waals surface area contributed by atoms with Gasteiger partial charge in [-0.25, -0.2) is 0 Å². The third kappa shape index (κ3) is 5.27. The van der Waals surface area contributed by atoms with Crippen molar-refractivity contribution >= 4 is 29.1 Å². The number of carbonyl (C=O) groups is 4. The summed E-state index contributed by atoms with van der Waals surface area (Å²) in [7, 11) is 0. The fourth-order valence-corrected chi connectivity index (χ4v) is 7.82.